The molecule has 1 N–H and O–H groups in total. The Balaban J connectivity index is 2.46. The van der Waals surface area contributed by atoms with Gasteiger partial charge in [0, 0.05) is 12.6 Å². The number of rotatable bonds is 6. The molecule has 1 fully saturated rings. The summed E-state index contributed by atoms with van der Waals surface area (Å²) in [6.07, 6.45) is 4.12. The van der Waals surface area contributed by atoms with Crippen LogP contribution in [0.3, 0.4) is 0 Å². The van der Waals surface area contributed by atoms with E-state index in [4.69, 9.17) is 9.47 Å². The molecule has 0 aromatic rings. The molecule has 0 radical (unpaired) electrons. The highest BCUT2D eigenvalue weighted by atomic mass is 16.5. The van der Waals surface area contributed by atoms with E-state index < -0.39 is 0 Å². The molecule has 3 heteroatoms. The number of ether oxygens (including phenoxy) is 2. The lowest BCUT2D eigenvalue weighted by Gasteiger charge is -2.41. The average Bonchev–Trinajstić information content (AvgIpc) is 2.25. The molecule has 1 aliphatic rings. The summed E-state index contributed by atoms with van der Waals surface area (Å²) in [5.74, 6) is 0. The molecule has 3 unspecified atom stereocenters. The van der Waals surface area contributed by atoms with Crippen molar-refractivity contribution in [2.75, 3.05) is 20.3 Å². The fraction of sp³-hybridized carbons (Fsp3) is 1.00. The third kappa shape index (κ3) is 4.94. The zero-order valence-electron chi connectivity index (χ0n) is 12.1. The van der Waals surface area contributed by atoms with Gasteiger partial charge in [-0.3, -0.25) is 0 Å². The minimum atomic E-state index is 0.185. The van der Waals surface area contributed by atoms with E-state index >= 15 is 0 Å². The summed E-state index contributed by atoms with van der Waals surface area (Å²) in [7, 11) is 2.03. The molecule has 3 atom stereocenters. The van der Waals surface area contributed by atoms with Crippen molar-refractivity contribution in [1.29, 1.82) is 0 Å². The summed E-state index contributed by atoms with van der Waals surface area (Å²) >= 11 is 0. The summed E-state index contributed by atoms with van der Waals surface area (Å²) in [6, 6.07) is 0.493. The summed E-state index contributed by atoms with van der Waals surface area (Å²) in [5.41, 5.74) is 0.406. The molecule has 0 bridgehead atoms. The van der Waals surface area contributed by atoms with Crippen molar-refractivity contribution in [3.8, 4) is 0 Å². The predicted octanol–water partition coefficient (Wildman–Crippen LogP) is 2.59. The number of hydrogen-bond acceptors (Lipinski definition) is 3. The first kappa shape index (κ1) is 14.9. The zero-order chi connectivity index (χ0) is 12.9. The average molecular weight is 243 g/mol. The molecule has 17 heavy (non-hydrogen) atoms. The van der Waals surface area contributed by atoms with E-state index in [1.165, 1.54) is 12.8 Å². The van der Waals surface area contributed by atoms with Crippen LogP contribution in [0, 0.1) is 5.41 Å². The van der Waals surface area contributed by atoms with Crippen LogP contribution in [0.25, 0.3) is 0 Å². The molecule has 0 aliphatic heterocycles. The highest BCUT2D eigenvalue weighted by Crippen LogP contribution is 2.37. The van der Waals surface area contributed by atoms with Crippen molar-refractivity contribution in [2.45, 2.75) is 65.2 Å². The van der Waals surface area contributed by atoms with E-state index in [1.54, 1.807) is 0 Å². The Morgan fingerprint density at radius 2 is 2.12 bits per heavy atom. The standard InChI is InChI=1S/C14H29NO2/c1-6-16-10-11(2)17-13-9-14(3,4)8-7-12(13)15-5/h11-13,15H,6-10H2,1-5H3. The van der Waals surface area contributed by atoms with Crippen LogP contribution in [-0.2, 0) is 9.47 Å². The van der Waals surface area contributed by atoms with Gasteiger partial charge in [0.25, 0.3) is 0 Å². The van der Waals surface area contributed by atoms with Gasteiger partial charge >= 0.3 is 0 Å². The maximum Gasteiger partial charge on any atom is 0.0785 e. The van der Waals surface area contributed by atoms with Crippen LogP contribution in [-0.4, -0.2) is 38.5 Å². The quantitative estimate of drug-likeness (QED) is 0.778. The minimum absolute atomic E-state index is 0.185. The maximum absolute atomic E-state index is 6.14. The molecular weight excluding hydrogens is 214 g/mol. The lowest BCUT2D eigenvalue weighted by molar-refractivity contribution is -0.0874. The van der Waals surface area contributed by atoms with Crippen molar-refractivity contribution in [1.82, 2.24) is 5.32 Å². The summed E-state index contributed by atoms with van der Waals surface area (Å²) in [4.78, 5) is 0. The normalized spacial score (nSPS) is 30.2. The van der Waals surface area contributed by atoms with Crippen LogP contribution in [0.15, 0.2) is 0 Å². The third-order valence-electron chi connectivity index (χ3n) is 3.67. The topological polar surface area (TPSA) is 30.5 Å². The van der Waals surface area contributed by atoms with Gasteiger partial charge in [-0.05, 0) is 45.6 Å². The molecule has 0 spiro atoms. The van der Waals surface area contributed by atoms with Crippen LogP contribution in [0.1, 0.15) is 47.0 Å². The van der Waals surface area contributed by atoms with Crippen LogP contribution in [0.5, 0.6) is 0 Å². The van der Waals surface area contributed by atoms with E-state index in [9.17, 15) is 0 Å². The van der Waals surface area contributed by atoms with E-state index in [2.05, 4.69) is 26.1 Å². The Morgan fingerprint density at radius 3 is 2.71 bits per heavy atom. The van der Waals surface area contributed by atoms with Crippen LogP contribution in [0.2, 0.25) is 0 Å². The predicted molar refractivity (Wildman–Crippen MR) is 71.3 cm³/mol. The van der Waals surface area contributed by atoms with Crippen molar-refractivity contribution in [2.24, 2.45) is 5.41 Å². The molecule has 1 rings (SSSR count). The summed E-state index contributed by atoms with van der Waals surface area (Å²) in [5, 5.41) is 3.39. The first-order valence-electron chi connectivity index (χ1n) is 6.89. The van der Waals surface area contributed by atoms with Gasteiger partial charge in [-0.15, -0.1) is 0 Å². The fourth-order valence-corrected chi connectivity index (χ4v) is 2.62. The molecule has 1 aliphatic carbocycles. The van der Waals surface area contributed by atoms with Gasteiger partial charge in [0.05, 0.1) is 18.8 Å². The zero-order valence-corrected chi connectivity index (χ0v) is 12.1. The Labute approximate surface area is 106 Å². The number of nitrogens with one attached hydrogen (secondary N) is 1. The van der Waals surface area contributed by atoms with E-state index in [0.717, 1.165) is 13.0 Å². The Bertz CT molecular complexity index is 218. The van der Waals surface area contributed by atoms with Crippen molar-refractivity contribution in [3.63, 3.8) is 0 Å². The van der Waals surface area contributed by atoms with Crippen LogP contribution in [0.4, 0.5) is 0 Å². The highest BCUT2D eigenvalue weighted by Gasteiger charge is 2.35. The molecule has 0 amide bonds. The monoisotopic (exact) mass is 243 g/mol. The second kappa shape index (κ2) is 6.72. The van der Waals surface area contributed by atoms with Gasteiger partial charge in [0.15, 0.2) is 0 Å². The second-order valence-electron chi connectivity index (χ2n) is 5.95. The third-order valence-corrected chi connectivity index (χ3v) is 3.67. The van der Waals surface area contributed by atoms with Crippen molar-refractivity contribution >= 4 is 0 Å². The summed E-state index contributed by atoms with van der Waals surface area (Å²) < 4.78 is 11.6. The molecule has 3 nitrogen and oxygen atoms in total. The van der Waals surface area contributed by atoms with Gasteiger partial charge < -0.3 is 14.8 Å². The SMILES string of the molecule is CCOCC(C)OC1CC(C)(C)CCC1NC. The molecule has 0 heterocycles. The number of hydrogen-bond donors (Lipinski definition) is 1. The Hall–Kier alpha value is -0.120. The van der Waals surface area contributed by atoms with Crippen LogP contribution >= 0.6 is 0 Å². The lowest BCUT2D eigenvalue weighted by Crippen LogP contribution is -2.47. The molecule has 0 saturated heterocycles. The second-order valence-corrected chi connectivity index (χ2v) is 5.95. The van der Waals surface area contributed by atoms with Gasteiger partial charge in [0.2, 0.25) is 0 Å². The molecular formula is C14H29NO2. The van der Waals surface area contributed by atoms with Gasteiger partial charge in [-0.1, -0.05) is 13.8 Å². The molecule has 1 saturated carbocycles. The molecule has 102 valence electrons. The molecule has 0 aromatic heterocycles. The minimum Gasteiger partial charge on any atom is -0.379 e. The largest absolute Gasteiger partial charge is 0.379 e. The van der Waals surface area contributed by atoms with Gasteiger partial charge in [-0.2, -0.15) is 0 Å². The van der Waals surface area contributed by atoms with Gasteiger partial charge in [0.1, 0.15) is 0 Å². The van der Waals surface area contributed by atoms with Crippen molar-refractivity contribution < 1.29 is 9.47 Å². The fourth-order valence-electron chi connectivity index (χ4n) is 2.62. The Kier molecular flexibility index (Phi) is 5.90. The highest BCUT2D eigenvalue weighted by molar-refractivity contribution is 4.89. The maximum atomic E-state index is 6.14. The summed E-state index contributed by atoms with van der Waals surface area (Å²) in [6.45, 7) is 10.3. The van der Waals surface area contributed by atoms with E-state index in [1.807, 2.05) is 14.0 Å². The van der Waals surface area contributed by atoms with Gasteiger partial charge in [-0.25, -0.2) is 0 Å². The lowest BCUT2D eigenvalue weighted by atomic mass is 9.74. The first-order valence-corrected chi connectivity index (χ1v) is 6.89. The Morgan fingerprint density at radius 1 is 1.41 bits per heavy atom. The van der Waals surface area contributed by atoms with Crippen molar-refractivity contribution in [3.05, 3.63) is 0 Å². The smallest absolute Gasteiger partial charge is 0.0785 e. The molecule has 0 aromatic carbocycles. The first-order chi connectivity index (χ1) is 7.98. The van der Waals surface area contributed by atoms with E-state index in [0.29, 0.717) is 24.2 Å². The number of likely N-dealkylation sites (N-methyl/N-ethyl adjacent to an activating group) is 1. The van der Waals surface area contributed by atoms with E-state index in [-0.39, 0.29) is 6.10 Å². The van der Waals surface area contributed by atoms with Crippen LogP contribution < -0.4 is 5.32 Å².